The van der Waals surface area contributed by atoms with Crippen LogP contribution in [0.5, 0.6) is 0 Å². The molecule has 0 heterocycles. The Balaban J connectivity index is 2.94. The lowest BCUT2D eigenvalue weighted by molar-refractivity contribution is -0.119. The summed E-state index contributed by atoms with van der Waals surface area (Å²) in [5, 5.41) is 0. The zero-order chi connectivity index (χ0) is 12.2. The second kappa shape index (κ2) is 5.12. The number of carbonyl (C=O) groups is 1. The predicted octanol–water partition coefficient (Wildman–Crippen LogP) is 1.46. The van der Waals surface area contributed by atoms with E-state index in [0.29, 0.717) is 0 Å². The third-order valence-corrected chi connectivity index (χ3v) is 3.60. The Morgan fingerprint density at radius 3 is 2.19 bits per heavy atom. The first kappa shape index (κ1) is 12.7. The topological polar surface area (TPSA) is 63.2 Å². The molecule has 0 aliphatic heterocycles. The molecule has 5 heteroatoms. The molecule has 0 aliphatic rings. The summed E-state index contributed by atoms with van der Waals surface area (Å²) in [5.41, 5.74) is 1.06. The van der Waals surface area contributed by atoms with Crippen LogP contribution in [0.15, 0.2) is 29.2 Å². The number of rotatable bonds is 4. The highest BCUT2D eigenvalue weighted by Crippen LogP contribution is 2.10. The van der Waals surface area contributed by atoms with E-state index in [2.05, 4.69) is 0 Å². The summed E-state index contributed by atoms with van der Waals surface area (Å²) in [7, 11) is -3.70. The SMILES string of the molecule is CCC(=O)NS(=O)(=O)c1ccc(CC)cc1. The molecule has 0 unspecified atom stereocenters. The van der Waals surface area contributed by atoms with Crippen molar-refractivity contribution in [3.63, 3.8) is 0 Å². The van der Waals surface area contributed by atoms with E-state index in [1.54, 1.807) is 19.1 Å². The number of hydrogen-bond donors (Lipinski definition) is 1. The molecule has 0 spiro atoms. The second-order valence-electron chi connectivity index (χ2n) is 3.38. The van der Waals surface area contributed by atoms with Crippen molar-refractivity contribution in [1.82, 2.24) is 4.72 Å². The molecular weight excluding hydrogens is 226 g/mol. The number of nitrogens with one attached hydrogen (secondary N) is 1. The average molecular weight is 241 g/mol. The van der Waals surface area contributed by atoms with Crippen molar-refractivity contribution in [2.75, 3.05) is 0 Å². The van der Waals surface area contributed by atoms with Crippen molar-refractivity contribution in [3.05, 3.63) is 29.8 Å². The van der Waals surface area contributed by atoms with Crippen LogP contribution in [0, 0.1) is 0 Å². The van der Waals surface area contributed by atoms with Gasteiger partial charge in [0, 0.05) is 6.42 Å². The Bertz CT molecular complexity index is 463. The van der Waals surface area contributed by atoms with Gasteiger partial charge in [-0.3, -0.25) is 4.79 Å². The molecule has 0 saturated carbocycles. The van der Waals surface area contributed by atoms with Crippen molar-refractivity contribution in [2.24, 2.45) is 0 Å². The molecule has 0 bridgehead atoms. The summed E-state index contributed by atoms with van der Waals surface area (Å²) in [6, 6.07) is 6.49. The van der Waals surface area contributed by atoms with Gasteiger partial charge < -0.3 is 0 Å². The molecule has 1 aromatic carbocycles. The number of amides is 1. The molecule has 0 radical (unpaired) electrons. The van der Waals surface area contributed by atoms with Gasteiger partial charge in [-0.25, -0.2) is 13.1 Å². The van der Waals surface area contributed by atoms with E-state index >= 15 is 0 Å². The quantitative estimate of drug-likeness (QED) is 0.868. The average Bonchev–Trinajstić information content (AvgIpc) is 2.28. The van der Waals surface area contributed by atoms with Crippen LogP contribution >= 0.6 is 0 Å². The van der Waals surface area contributed by atoms with Gasteiger partial charge >= 0.3 is 0 Å². The van der Waals surface area contributed by atoms with Crippen LogP contribution in [-0.2, 0) is 21.2 Å². The molecule has 0 aliphatic carbocycles. The predicted molar refractivity (Wildman–Crippen MR) is 61.4 cm³/mol. The molecule has 1 amide bonds. The van der Waals surface area contributed by atoms with Gasteiger partial charge in [-0.1, -0.05) is 26.0 Å². The Kier molecular flexibility index (Phi) is 4.06. The van der Waals surface area contributed by atoms with E-state index in [4.69, 9.17) is 0 Å². The molecule has 0 aromatic heterocycles. The Labute approximate surface area is 95.7 Å². The minimum atomic E-state index is -3.70. The summed E-state index contributed by atoms with van der Waals surface area (Å²) < 4.78 is 25.3. The van der Waals surface area contributed by atoms with E-state index in [9.17, 15) is 13.2 Å². The first-order valence-corrected chi connectivity index (χ1v) is 6.62. The van der Waals surface area contributed by atoms with Crippen LogP contribution in [0.25, 0.3) is 0 Å². The number of sulfonamides is 1. The van der Waals surface area contributed by atoms with Crippen molar-refractivity contribution < 1.29 is 13.2 Å². The number of hydrogen-bond acceptors (Lipinski definition) is 3. The minimum Gasteiger partial charge on any atom is -0.274 e. The third kappa shape index (κ3) is 3.06. The van der Waals surface area contributed by atoms with Gasteiger partial charge in [-0.05, 0) is 24.1 Å². The van der Waals surface area contributed by atoms with Crippen LogP contribution in [-0.4, -0.2) is 14.3 Å². The third-order valence-electron chi connectivity index (χ3n) is 2.21. The van der Waals surface area contributed by atoms with E-state index in [0.717, 1.165) is 12.0 Å². The molecule has 0 saturated heterocycles. The van der Waals surface area contributed by atoms with Gasteiger partial charge in [0.05, 0.1) is 4.90 Å². The number of carbonyl (C=O) groups excluding carboxylic acids is 1. The van der Waals surface area contributed by atoms with Crippen LogP contribution in [0.1, 0.15) is 25.8 Å². The maximum absolute atomic E-state index is 11.7. The highest BCUT2D eigenvalue weighted by Gasteiger charge is 2.15. The largest absolute Gasteiger partial charge is 0.274 e. The first-order chi connectivity index (χ1) is 7.49. The van der Waals surface area contributed by atoms with Crippen molar-refractivity contribution in [3.8, 4) is 0 Å². The monoisotopic (exact) mass is 241 g/mol. The Morgan fingerprint density at radius 2 is 1.75 bits per heavy atom. The lowest BCUT2D eigenvalue weighted by Gasteiger charge is -2.06. The first-order valence-electron chi connectivity index (χ1n) is 5.14. The molecule has 16 heavy (non-hydrogen) atoms. The normalized spacial score (nSPS) is 11.1. The van der Waals surface area contributed by atoms with Crippen LogP contribution in [0.2, 0.25) is 0 Å². The molecule has 0 atom stereocenters. The zero-order valence-electron chi connectivity index (χ0n) is 9.36. The summed E-state index contributed by atoms with van der Waals surface area (Å²) >= 11 is 0. The lowest BCUT2D eigenvalue weighted by atomic mass is 10.2. The highest BCUT2D eigenvalue weighted by atomic mass is 32.2. The van der Waals surface area contributed by atoms with Crippen molar-refractivity contribution in [1.29, 1.82) is 0 Å². The van der Waals surface area contributed by atoms with E-state index in [-0.39, 0.29) is 11.3 Å². The highest BCUT2D eigenvalue weighted by molar-refractivity contribution is 7.90. The molecule has 88 valence electrons. The molecule has 1 aromatic rings. The molecule has 4 nitrogen and oxygen atoms in total. The minimum absolute atomic E-state index is 0.117. The van der Waals surface area contributed by atoms with Crippen molar-refractivity contribution >= 4 is 15.9 Å². The smallest absolute Gasteiger partial charge is 0.264 e. The van der Waals surface area contributed by atoms with Gasteiger partial charge in [0.25, 0.3) is 10.0 Å². The van der Waals surface area contributed by atoms with Gasteiger partial charge in [0.1, 0.15) is 0 Å². The van der Waals surface area contributed by atoms with Gasteiger partial charge in [-0.15, -0.1) is 0 Å². The van der Waals surface area contributed by atoms with Gasteiger partial charge in [0.15, 0.2) is 0 Å². The van der Waals surface area contributed by atoms with E-state index in [1.807, 2.05) is 11.6 Å². The molecule has 1 rings (SSSR count). The van der Waals surface area contributed by atoms with Crippen LogP contribution in [0.4, 0.5) is 0 Å². The maximum atomic E-state index is 11.7. The van der Waals surface area contributed by atoms with Gasteiger partial charge in [-0.2, -0.15) is 0 Å². The summed E-state index contributed by atoms with van der Waals surface area (Å²) in [6.45, 7) is 3.59. The number of benzene rings is 1. The van der Waals surface area contributed by atoms with Crippen LogP contribution < -0.4 is 4.72 Å². The standard InChI is InChI=1S/C11H15NO3S/c1-3-9-5-7-10(8-6-9)16(14,15)12-11(13)4-2/h5-8H,3-4H2,1-2H3,(H,12,13). The summed E-state index contributed by atoms with van der Waals surface area (Å²) in [5.74, 6) is -0.500. The molecule has 0 fully saturated rings. The van der Waals surface area contributed by atoms with Crippen LogP contribution in [0.3, 0.4) is 0 Å². The van der Waals surface area contributed by atoms with E-state index in [1.165, 1.54) is 12.1 Å². The zero-order valence-corrected chi connectivity index (χ0v) is 10.2. The Morgan fingerprint density at radius 1 is 1.19 bits per heavy atom. The summed E-state index contributed by atoms with van der Waals surface area (Å²) in [6.07, 6.45) is 0.994. The molecular formula is C11H15NO3S. The fraction of sp³-hybridized carbons (Fsp3) is 0.364. The number of aryl methyl sites for hydroxylation is 1. The lowest BCUT2D eigenvalue weighted by Crippen LogP contribution is -2.29. The second-order valence-corrected chi connectivity index (χ2v) is 5.06. The Hall–Kier alpha value is -1.36. The summed E-state index contributed by atoms with van der Waals surface area (Å²) in [4.78, 5) is 11.2. The fourth-order valence-electron chi connectivity index (χ4n) is 1.19. The molecule has 1 N–H and O–H groups in total. The van der Waals surface area contributed by atoms with Gasteiger partial charge in [0.2, 0.25) is 5.91 Å². The van der Waals surface area contributed by atoms with Crippen molar-refractivity contribution in [2.45, 2.75) is 31.6 Å². The fourth-order valence-corrected chi connectivity index (χ4v) is 2.24. The van der Waals surface area contributed by atoms with E-state index < -0.39 is 15.9 Å². The maximum Gasteiger partial charge on any atom is 0.264 e.